The van der Waals surface area contributed by atoms with Gasteiger partial charge in [0.15, 0.2) is 0 Å². The second kappa shape index (κ2) is 6.34. The summed E-state index contributed by atoms with van der Waals surface area (Å²) in [5.74, 6) is 2.49. The number of hydrogen-bond donors (Lipinski definition) is 1. The molecule has 2 aromatic rings. The quantitative estimate of drug-likeness (QED) is 0.943. The Bertz CT molecular complexity index is 622. The predicted octanol–water partition coefficient (Wildman–Crippen LogP) is 2.98. The molecule has 1 aliphatic heterocycles. The summed E-state index contributed by atoms with van der Waals surface area (Å²) in [6.07, 6.45) is 1.27. The number of fused-ring (bicyclic) bond motifs is 1. The van der Waals surface area contributed by atoms with Gasteiger partial charge in [-0.05, 0) is 49.9 Å². The average molecular weight is 301 g/mol. The van der Waals surface area contributed by atoms with Crippen molar-refractivity contribution in [2.75, 3.05) is 25.1 Å². The standard InChI is InChI=1S/C17H23N3S/c1-12-3-4-13-9-14(5-6-16(13)19-12)17(10-18)20(2)15-7-8-21-11-15/h3-6,9,15,17H,7-8,10-11,18H2,1-2H3. The second-order valence-electron chi connectivity index (χ2n) is 5.84. The third kappa shape index (κ3) is 3.07. The van der Waals surface area contributed by atoms with Gasteiger partial charge in [-0.3, -0.25) is 9.88 Å². The smallest absolute Gasteiger partial charge is 0.0705 e. The molecule has 0 saturated carbocycles. The predicted molar refractivity (Wildman–Crippen MR) is 91.8 cm³/mol. The highest BCUT2D eigenvalue weighted by molar-refractivity contribution is 7.99. The van der Waals surface area contributed by atoms with Crippen molar-refractivity contribution in [1.82, 2.24) is 9.88 Å². The van der Waals surface area contributed by atoms with Gasteiger partial charge in [0.1, 0.15) is 0 Å². The Balaban J connectivity index is 1.90. The van der Waals surface area contributed by atoms with Crippen molar-refractivity contribution in [3.05, 3.63) is 41.6 Å². The van der Waals surface area contributed by atoms with Crippen LogP contribution in [0, 0.1) is 6.92 Å². The van der Waals surface area contributed by atoms with E-state index in [-0.39, 0.29) is 0 Å². The lowest BCUT2D eigenvalue weighted by Gasteiger charge is -2.32. The van der Waals surface area contributed by atoms with Crippen LogP contribution in [0.1, 0.15) is 23.7 Å². The number of rotatable bonds is 4. The molecular weight excluding hydrogens is 278 g/mol. The van der Waals surface area contributed by atoms with Gasteiger partial charge in [-0.15, -0.1) is 0 Å². The van der Waals surface area contributed by atoms with Gasteiger partial charge in [-0.1, -0.05) is 12.1 Å². The fraction of sp³-hybridized carbons (Fsp3) is 0.471. The maximum Gasteiger partial charge on any atom is 0.0705 e. The number of benzene rings is 1. The Morgan fingerprint density at radius 2 is 2.24 bits per heavy atom. The number of thioether (sulfide) groups is 1. The number of likely N-dealkylation sites (N-methyl/N-ethyl adjacent to an activating group) is 1. The molecule has 1 fully saturated rings. The Labute approximate surface area is 130 Å². The van der Waals surface area contributed by atoms with Gasteiger partial charge in [0.05, 0.1) is 5.52 Å². The summed E-state index contributed by atoms with van der Waals surface area (Å²) in [6.45, 7) is 2.68. The lowest BCUT2D eigenvalue weighted by Crippen LogP contribution is -2.38. The van der Waals surface area contributed by atoms with Crippen LogP contribution in [0.5, 0.6) is 0 Å². The minimum atomic E-state index is 0.291. The summed E-state index contributed by atoms with van der Waals surface area (Å²) in [4.78, 5) is 7.04. The molecule has 0 amide bonds. The molecule has 2 N–H and O–H groups in total. The van der Waals surface area contributed by atoms with Crippen molar-refractivity contribution in [1.29, 1.82) is 0 Å². The highest BCUT2D eigenvalue weighted by Crippen LogP contribution is 2.29. The first-order valence-corrected chi connectivity index (χ1v) is 8.71. The normalized spacial score (nSPS) is 20.3. The summed E-state index contributed by atoms with van der Waals surface area (Å²) in [5, 5.41) is 1.20. The Hall–Kier alpha value is -1.10. The molecular formula is C17H23N3S. The Kier molecular flexibility index (Phi) is 4.48. The molecule has 2 heterocycles. The second-order valence-corrected chi connectivity index (χ2v) is 6.99. The molecule has 3 rings (SSSR count). The van der Waals surface area contributed by atoms with E-state index in [0.29, 0.717) is 18.6 Å². The monoisotopic (exact) mass is 301 g/mol. The van der Waals surface area contributed by atoms with Gasteiger partial charge < -0.3 is 5.73 Å². The molecule has 1 aliphatic rings. The third-order valence-electron chi connectivity index (χ3n) is 4.43. The van der Waals surface area contributed by atoms with Gasteiger partial charge >= 0.3 is 0 Å². The molecule has 2 atom stereocenters. The van der Waals surface area contributed by atoms with E-state index in [2.05, 4.69) is 47.3 Å². The molecule has 0 aliphatic carbocycles. The van der Waals surface area contributed by atoms with E-state index in [9.17, 15) is 0 Å². The lowest BCUT2D eigenvalue weighted by atomic mass is 10.0. The van der Waals surface area contributed by atoms with E-state index in [1.54, 1.807) is 0 Å². The zero-order chi connectivity index (χ0) is 14.8. The number of aromatic nitrogens is 1. The van der Waals surface area contributed by atoms with Crippen molar-refractivity contribution >= 4 is 22.7 Å². The van der Waals surface area contributed by atoms with E-state index >= 15 is 0 Å². The van der Waals surface area contributed by atoms with E-state index in [4.69, 9.17) is 5.73 Å². The topological polar surface area (TPSA) is 42.1 Å². The minimum absolute atomic E-state index is 0.291. The highest BCUT2D eigenvalue weighted by Gasteiger charge is 2.26. The van der Waals surface area contributed by atoms with Crippen LogP contribution in [0.15, 0.2) is 30.3 Å². The lowest BCUT2D eigenvalue weighted by molar-refractivity contribution is 0.193. The molecule has 3 nitrogen and oxygen atoms in total. The Morgan fingerprint density at radius 3 is 2.95 bits per heavy atom. The Morgan fingerprint density at radius 1 is 1.38 bits per heavy atom. The maximum absolute atomic E-state index is 6.08. The highest BCUT2D eigenvalue weighted by atomic mass is 32.2. The molecule has 1 aromatic heterocycles. The molecule has 0 bridgehead atoms. The number of nitrogens with zero attached hydrogens (tertiary/aromatic N) is 2. The first-order chi connectivity index (χ1) is 10.2. The summed E-state index contributed by atoms with van der Waals surface area (Å²) in [5.41, 5.74) is 9.50. The van der Waals surface area contributed by atoms with Crippen LogP contribution in [0.2, 0.25) is 0 Å². The molecule has 2 unspecified atom stereocenters. The average Bonchev–Trinajstić information content (AvgIpc) is 3.02. The van der Waals surface area contributed by atoms with E-state index in [1.165, 1.54) is 28.9 Å². The summed E-state index contributed by atoms with van der Waals surface area (Å²) < 4.78 is 0. The summed E-state index contributed by atoms with van der Waals surface area (Å²) in [7, 11) is 2.21. The van der Waals surface area contributed by atoms with Crippen LogP contribution in [-0.4, -0.2) is 41.0 Å². The molecule has 1 aromatic carbocycles. The molecule has 21 heavy (non-hydrogen) atoms. The van der Waals surface area contributed by atoms with E-state index < -0.39 is 0 Å². The van der Waals surface area contributed by atoms with Gasteiger partial charge in [0, 0.05) is 35.5 Å². The number of aryl methyl sites for hydroxylation is 1. The van der Waals surface area contributed by atoms with Crippen LogP contribution in [0.25, 0.3) is 10.9 Å². The molecule has 4 heteroatoms. The van der Waals surface area contributed by atoms with Crippen LogP contribution in [-0.2, 0) is 0 Å². The van der Waals surface area contributed by atoms with Crippen molar-refractivity contribution in [2.24, 2.45) is 5.73 Å². The molecule has 112 valence electrons. The third-order valence-corrected chi connectivity index (χ3v) is 5.58. The van der Waals surface area contributed by atoms with Crippen LogP contribution < -0.4 is 5.73 Å². The van der Waals surface area contributed by atoms with Gasteiger partial charge in [-0.2, -0.15) is 11.8 Å². The van der Waals surface area contributed by atoms with Gasteiger partial charge in [0.25, 0.3) is 0 Å². The zero-order valence-corrected chi connectivity index (χ0v) is 13.6. The number of hydrogen-bond acceptors (Lipinski definition) is 4. The maximum atomic E-state index is 6.08. The van der Waals surface area contributed by atoms with Crippen molar-refractivity contribution in [3.8, 4) is 0 Å². The van der Waals surface area contributed by atoms with Crippen molar-refractivity contribution < 1.29 is 0 Å². The minimum Gasteiger partial charge on any atom is -0.329 e. The summed E-state index contributed by atoms with van der Waals surface area (Å²) >= 11 is 2.05. The van der Waals surface area contributed by atoms with E-state index in [0.717, 1.165) is 11.2 Å². The van der Waals surface area contributed by atoms with Crippen molar-refractivity contribution in [2.45, 2.75) is 25.4 Å². The molecule has 0 radical (unpaired) electrons. The van der Waals surface area contributed by atoms with Crippen LogP contribution in [0.4, 0.5) is 0 Å². The molecule has 1 saturated heterocycles. The summed E-state index contributed by atoms with van der Waals surface area (Å²) in [6, 6.07) is 11.7. The van der Waals surface area contributed by atoms with E-state index in [1.807, 2.05) is 18.7 Å². The first-order valence-electron chi connectivity index (χ1n) is 7.56. The van der Waals surface area contributed by atoms with Crippen LogP contribution >= 0.6 is 11.8 Å². The first kappa shape index (κ1) is 14.8. The van der Waals surface area contributed by atoms with Crippen molar-refractivity contribution in [3.63, 3.8) is 0 Å². The molecule has 0 spiro atoms. The van der Waals surface area contributed by atoms with Gasteiger partial charge in [-0.25, -0.2) is 0 Å². The number of nitrogens with two attached hydrogens (primary N) is 1. The largest absolute Gasteiger partial charge is 0.329 e. The van der Waals surface area contributed by atoms with Gasteiger partial charge in [0.2, 0.25) is 0 Å². The van der Waals surface area contributed by atoms with Crippen LogP contribution in [0.3, 0.4) is 0 Å². The fourth-order valence-corrected chi connectivity index (χ4v) is 4.37. The number of pyridine rings is 1. The SMILES string of the molecule is Cc1ccc2cc(C(CN)N(C)C3CCSC3)ccc2n1. The fourth-order valence-electron chi connectivity index (χ4n) is 3.09. The zero-order valence-electron chi connectivity index (χ0n) is 12.7.